The zero-order valence-electron chi connectivity index (χ0n) is 21.9. The fraction of sp³-hybridized carbons (Fsp3) is 0.194. The number of aliphatic hydroxyl groups excluding tert-OH is 1. The number of anilines is 1. The quantitative estimate of drug-likeness (QED) is 0.185. The predicted molar refractivity (Wildman–Crippen MR) is 154 cm³/mol. The first-order chi connectivity index (χ1) is 19.4. The maximum absolute atomic E-state index is 11.4. The van der Waals surface area contributed by atoms with Crippen LogP contribution in [0.25, 0.3) is 11.1 Å². The van der Waals surface area contributed by atoms with Gasteiger partial charge < -0.3 is 20.3 Å². The van der Waals surface area contributed by atoms with Gasteiger partial charge in [-0.25, -0.2) is 0 Å². The molecule has 4 N–H and O–H groups in total. The number of aliphatic hydroxyl groups is 1. The molecule has 8 nitrogen and oxygen atoms in total. The summed E-state index contributed by atoms with van der Waals surface area (Å²) in [6, 6.07) is 22.5. The molecule has 1 atom stereocenters. The Morgan fingerprint density at radius 2 is 1.88 bits per heavy atom. The van der Waals surface area contributed by atoms with Gasteiger partial charge in [-0.2, -0.15) is 5.26 Å². The van der Waals surface area contributed by atoms with Gasteiger partial charge in [0.15, 0.2) is 0 Å². The molecule has 1 aromatic heterocycles. The SMILES string of the molecule is Cc1c(CNc2cc(OCc3cncc(C#N)c3)c(CNC(CO)C(=O)O)cc2Cl)cccc1-c1ccccc1. The van der Waals surface area contributed by atoms with Crippen molar-refractivity contribution in [1.82, 2.24) is 10.3 Å². The molecule has 0 saturated carbocycles. The molecule has 0 aliphatic rings. The molecule has 3 aromatic carbocycles. The molecule has 0 bridgehead atoms. The van der Waals surface area contributed by atoms with E-state index in [1.54, 1.807) is 24.4 Å². The average molecular weight is 557 g/mol. The van der Waals surface area contributed by atoms with Crippen molar-refractivity contribution in [2.24, 2.45) is 0 Å². The molecule has 0 saturated heterocycles. The van der Waals surface area contributed by atoms with Crippen molar-refractivity contribution in [3.05, 3.63) is 112 Å². The Morgan fingerprint density at radius 1 is 1.07 bits per heavy atom. The van der Waals surface area contributed by atoms with Gasteiger partial charge in [-0.3, -0.25) is 15.1 Å². The largest absolute Gasteiger partial charge is 0.488 e. The highest BCUT2D eigenvalue weighted by Crippen LogP contribution is 2.33. The molecular weight excluding hydrogens is 528 g/mol. The van der Waals surface area contributed by atoms with Crippen LogP contribution in [0.4, 0.5) is 5.69 Å². The van der Waals surface area contributed by atoms with Crippen LogP contribution in [0.3, 0.4) is 0 Å². The Kier molecular flexibility index (Phi) is 9.71. The van der Waals surface area contributed by atoms with Crippen LogP contribution in [0.5, 0.6) is 5.75 Å². The summed E-state index contributed by atoms with van der Waals surface area (Å²) in [4.78, 5) is 15.4. The molecule has 1 heterocycles. The van der Waals surface area contributed by atoms with Crippen molar-refractivity contribution in [2.45, 2.75) is 32.7 Å². The van der Waals surface area contributed by atoms with E-state index in [9.17, 15) is 20.3 Å². The third-order valence-electron chi connectivity index (χ3n) is 6.49. The summed E-state index contributed by atoms with van der Waals surface area (Å²) in [5.74, 6) is -0.694. The number of nitrogens with zero attached hydrogens (tertiary/aromatic N) is 2. The standard InChI is InChI=1S/C31H29ClN4O4/c1-20-24(8-5-9-26(20)23-6-3-2-4-7-23)16-35-28-12-30(40-19-22-10-21(13-33)14-34-15-22)25(11-27(28)32)17-36-29(18-37)31(38)39/h2-12,14-15,29,35-37H,16-19H2,1H3,(H,38,39). The van der Waals surface area contributed by atoms with Gasteiger partial charge in [0.25, 0.3) is 0 Å². The van der Waals surface area contributed by atoms with Gasteiger partial charge in [0.1, 0.15) is 24.5 Å². The third-order valence-corrected chi connectivity index (χ3v) is 6.80. The number of halogens is 1. The monoisotopic (exact) mass is 556 g/mol. The highest BCUT2D eigenvalue weighted by Gasteiger charge is 2.18. The minimum absolute atomic E-state index is 0.0988. The van der Waals surface area contributed by atoms with Crippen LogP contribution < -0.4 is 15.4 Å². The first kappa shape index (κ1) is 28.6. The second-order valence-electron chi connectivity index (χ2n) is 9.19. The molecule has 1 unspecified atom stereocenters. The number of carboxylic acids is 1. The van der Waals surface area contributed by atoms with Crippen molar-refractivity contribution in [3.8, 4) is 22.9 Å². The number of hydrogen-bond donors (Lipinski definition) is 4. The van der Waals surface area contributed by atoms with E-state index in [0.29, 0.717) is 39.7 Å². The van der Waals surface area contributed by atoms with E-state index >= 15 is 0 Å². The Morgan fingerprint density at radius 3 is 2.60 bits per heavy atom. The van der Waals surface area contributed by atoms with Crippen LogP contribution >= 0.6 is 11.6 Å². The van der Waals surface area contributed by atoms with Gasteiger partial charge >= 0.3 is 5.97 Å². The molecule has 4 rings (SSSR count). The first-order valence-corrected chi connectivity index (χ1v) is 13.0. The van der Waals surface area contributed by atoms with E-state index in [0.717, 1.165) is 22.3 Å². The van der Waals surface area contributed by atoms with E-state index < -0.39 is 18.6 Å². The number of ether oxygens (including phenoxy) is 1. The first-order valence-electron chi connectivity index (χ1n) is 12.6. The van der Waals surface area contributed by atoms with Gasteiger partial charge in [-0.05, 0) is 41.3 Å². The van der Waals surface area contributed by atoms with E-state index in [2.05, 4.69) is 52.9 Å². The number of aliphatic carboxylic acids is 1. The Balaban J connectivity index is 1.58. The van der Waals surface area contributed by atoms with E-state index in [-0.39, 0.29) is 13.2 Å². The predicted octanol–water partition coefficient (Wildman–Crippen LogP) is 5.31. The van der Waals surface area contributed by atoms with Crippen LogP contribution in [-0.4, -0.2) is 33.8 Å². The van der Waals surface area contributed by atoms with Gasteiger partial charge in [0.2, 0.25) is 0 Å². The summed E-state index contributed by atoms with van der Waals surface area (Å²) >= 11 is 6.65. The maximum Gasteiger partial charge on any atom is 0.323 e. The zero-order chi connectivity index (χ0) is 28.5. The van der Waals surface area contributed by atoms with Crippen LogP contribution in [0, 0.1) is 18.3 Å². The number of rotatable bonds is 12. The summed E-state index contributed by atoms with van der Waals surface area (Å²) in [5, 5.41) is 34.5. The molecule has 40 heavy (non-hydrogen) atoms. The average Bonchev–Trinajstić information content (AvgIpc) is 2.97. The number of hydrogen-bond acceptors (Lipinski definition) is 7. The van der Waals surface area contributed by atoms with Gasteiger partial charge in [-0.15, -0.1) is 0 Å². The summed E-state index contributed by atoms with van der Waals surface area (Å²) in [7, 11) is 0. The molecule has 204 valence electrons. The van der Waals surface area contributed by atoms with Crippen molar-refractivity contribution >= 4 is 23.3 Å². The van der Waals surface area contributed by atoms with E-state index in [1.807, 2.05) is 24.3 Å². The van der Waals surface area contributed by atoms with Crippen molar-refractivity contribution in [2.75, 3.05) is 11.9 Å². The lowest BCUT2D eigenvalue weighted by Crippen LogP contribution is -2.39. The minimum atomic E-state index is -1.16. The molecule has 0 amide bonds. The number of carboxylic acid groups (broad SMARTS) is 1. The summed E-state index contributed by atoms with van der Waals surface area (Å²) in [6.45, 7) is 2.28. The summed E-state index contributed by atoms with van der Waals surface area (Å²) in [5.41, 5.74) is 6.94. The zero-order valence-corrected chi connectivity index (χ0v) is 22.7. The number of benzene rings is 3. The highest BCUT2D eigenvalue weighted by molar-refractivity contribution is 6.33. The molecule has 0 radical (unpaired) electrons. The van der Waals surface area contributed by atoms with E-state index in [4.69, 9.17) is 16.3 Å². The lowest BCUT2D eigenvalue weighted by molar-refractivity contribution is -0.140. The van der Waals surface area contributed by atoms with Crippen LogP contribution in [0.1, 0.15) is 27.8 Å². The number of carbonyl (C=O) groups is 1. The fourth-order valence-electron chi connectivity index (χ4n) is 4.25. The van der Waals surface area contributed by atoms with Gasteiger partial charge in [0, 0.05) is 42.7 Å². The van der Waals surface area contributed by atoms with Crippen LogP contribution in [0.15, 0.2) is 79.1 Å². The molecular formula is C31H29ClN4O4. The fourth-order valence-corrected chi connectivity index (χ4v) is 4.50. The lowest BCUT2D eigenvalue weighted by atomic mass is 9.96. The lowest BCUT2D eigenvalue weighted by Gasteiger charge is -2.19. The second-order valence-corrected chi connectivity index (χ2v) is 9.59. The Labute approximate surface area is 237 Å². The molecule has 0 fully saturated rings. The van der Waals surface area contributed by atoms with Crippen LogP contribution in [-0.2, 0) is 24.5 Å². The summed E-state index contributed by atoms with van der Waals surface area (Å²) < 4.78 is 6.10. The van der Waals surface area contributed by atoms with E-state index in [1.165, 1.54) is 6.20 Å². The minimum Gasteiger partial charge on any atom is -0.488 e. The second kappa shape index (κ2) is 13.6. The van der Waals surface area contributed by atoms with Gasteiger partial charge in [-0.1, -0.05) is 60.1 Å². The molecule has 0 spiro atoms. The number of nitriles is 1. The van der Waals surface area contributed by atoms with Gasteiger partial charge in [0.05, 0.1) is 22.9 Å². The highest BCUT2D eigenvalue weighted by atomic mass is 35.5. The normalized spacial score (nSPS) is 11.4. The Bertz CT molecular complexity index is 1520. The Hall–Kier alpha value is -4.42. The number of aromatic nitrogens is 1. The molecule has 0 aliphatic heterocycles. The maximum atomic E-state index is 11.4. The number of nitrogens with one attached hydrogen (secondary N) is 2. The van der Waals surface area contributed by atoms with Crippen molar-refractivity contribution in [3.63, 3.8) is 0 Å². The molecule has 0 aliphatic carbocycles. The number of pyridine rings is 1. The van der Waals surface area contributed by atoms with Crippen LogP contribution in [0.2, 0.25) is 5.02 Å². The smallest absolute Gasteiger partial charge is 0.323 e. The molecule has 9 heteroatoms. The van der Waals surface area contributed by atoms with Crippen molar-refractivity contribution < 1.29 is 19.7 Å². The molecule has 4 aromatic rings. The third kappa shape index (κ3) is 7.16. The van der Waals surface area contributed by atoms with Crippen molar-refractivity contribution in [1.29, 1.82) is 5.26 Å². The topological polar surface area (TPSA) is 128 Å². The summed E-state index contributed by atoms with van der Waals surface area (Å²) in [6.07, 6.45) is 3.08.